The Labute approximate surface area is 126 Å². The normalized spacial score (nSPS) is 11.0. The van der Waals surface area contributed by atoms with E-state index in [2.05, 4.69) is 15.5 Å². The van der Waals surface area contributed by atoms with E-state index in [0.717, 1.165) is 24.2 Å². The fourth-order valence-corrected chi connectivity index (χ4v) is 2.64. The maximum atomic E-state index is 13.8. The van der Waals surface area contributed by atoms with Crippen LogP contribution in [0.2, 0.25) is 0 Å². The van der Waals surface area contributed by atoms with Crippen molar-refractivity contribution in [3.8, 4) is 10.6 Å². The quantitative estimate of drug-likeness (QED) is 0.798. The van der Waals surface area contributed by atoms with Gasteiger partial charge in [-0.25, -0.2) is 8.78 Å². The number of hydrogen-bond donors (Lipinski definition) is 1. The molecule has 0 spiro atoms. The first-order valence-electron chi connectivity index (χ1n) is 6.60. The summed E-state index contributed by atoms with van der Waals surface area (Å²) < 4.78 is 32.0. The molecule has 7 heteroatoms. The average molecular weight is 313 g/mol. The fourth-order valence-electron chi connectivity index (χ4n) is 1.78. The number of ether oxygens (including phenoxy) is 1. The van der Waals surface area contributed by atoms with E-state index in [9.17, 15) is 8.78 Å². The lowest BCUT2D eigenvalue weighted by Crippen LogP contribution is -2.21. The summed E-state index contributed by atoms with van der Waals surface area (Å²) in [6.07, 6.45) is 0.711. The average Bonchev–Trinajstić information content (AvgIpc) is 2.91. The zero-order valence-electron chi connectivity index (χ0n) is 11.9. The molecule has 1 heterocycles. The summed E-state index contributed by atoms with van der Waals surface area (Å²) in [6.45, 7) is 3.78. The van der Waals surface area contributed by atoms with Crippen molar-refractivity contribution in [3.63, 3.8) is 0 Å². The zero-order chi connectivity index (χ0) is 15.2. The zero-order valence-corrected chi connectivity index (χ0v) is 12.8. The number of aromatic nitrogens is 2. The molecule has 1 aromatic carbocycles. The van der Waals surface area contributed by atoms with E-state index >= 15 is 0 Å². The van der Waals surface area contributed by atoms with Crippen LogP contribution in [0.15, 0.2) is 12.1 Å². The number of aryl methyl sites for hydroxylation is 1. The van der Waals surface area contributed by atoms with E-state index in [0.29, 0.717) is 29.2 Å². The number of hydrogen-bond acceptors (Lipinski definition) is 5. The van der Waals surface area contributed by atoms with Crippen LogP contribution in [0.3, 0.4) is 0 Å². The van der Waals surface area contributed by atoms with Crippen molar-refractivity contribution in [3.05, 3.63) is 34.3 Å². The molecule has 1 N–H and O–H groups in total. The van der Waals surface area contributed by atoms with Crippen LogP contribution in [-0.2, 0) is 11.2 Å². The third-order valence-corrected chi connectivity index (χ3v) is 3.96. The molecular formula is C14H17F2N3OS. The first-order chi connectivity index (χ1) is 10.1. The molecule has 0 atom stereocenters. The van der Waals surface area contributed by atoms with Gasteiger partial charge in [0.05, 0.1) is 6.61 Å². The Hall–Kier alpha value is -1.44. The molecule has 4 nitrogen and oxygen atoms in total. The van der Waals surface area contributed by atoms with Gasteiger partial charge in [0.1, 0.15) is 16.6 Å². The number of rotatable bonds is 7. The molecule has 114 valence electrons. The molecule has 0 aliphatic rings. The van der Waals surface area contributed by atoms with Gasteiger partial charge in [0.25, 0.3) is 0 Å². The predicted molar refractivity (Wildman–Crippen MR) is 78.4 cm³/mol. The van der Waals surface area contributed by atoms with Crippen molar-refractivity contribution in [2.24, 2.45) is 0 Å². The minimum Gasteiger partial charge on any atom is -0.383 e. The van der Waals surface area contributed by atoms with Gasteiger partial charge in [0, 0.05) is 38.2 Å². The summed E-state index contributed by atoms with van der Waals surface area (Å²) in [7, 11) is 1.65. The third-order valence-electron chi connectivity index (χ3n) is 2.94. The van der Waals surface area contributed by atoms with Crippen LogP contribution in [0.25, 0.3) is 10.6 Å². The molecule has 0 amide bonds. The van der Waals surface area contributed by atoms with E-state index in [4.69, 9.17) is 4.74 Å². The number of benzene rings is 1. The second-order valence-corrected chi connectivity index (χ2v) is 5.64. The van der Waals surface area contributed by atoms with Gasteiger partial charge >= 0.3 is 0 Å². The lowest BCUT2D eigenvalue weighted by Gasteiger charge is -2.02. The van der Waals surface area contributed by atoms with Gasteiger partial charge < -0.3 is 10.1 Å². The molecule has 0 radical (unpaired) electrons. The highest BCUT2D eigenvalue weighted by molar-refractivity contribution is 7.14. The van der Waals surface area contributed by atoms with Gasteiger partial charge in [-0.3, -0.25) is 0 Å². The molecule has 0 saturated heterocycles. The van der Waals surface area contributed by atoms with E-state index < -0.39 is 11.6 Å². The van der Waals surface area contributed by atoms with Crippen molar-refractivity contribution in [2.75, 3.05) is 26.8 Å². The number of halogens is 2. The summed E-state index contributed by atoms with van der Waals surface area (Å²) in [5.41, 5.74) is 0.689. The molecule has 0 bridgehead atoms. The Bertz CT molecular complexity index is 604. The minimum absolute atomic E-state index is 0.296. The number of methoxy groups -OCH3 is 1. The molecule has 0 fully saturated rings. The minimum atomic E-state index is -0.612. The topological polar surface area (TPSA) is 47.0 Å². The number of nitrogens with zero attached hydrogens (tertiary/aromatic N) is 2. The monoisotopic (exact) mass is 313 g/mol. The van der Waals surface area contributed by atoms with E-state index in [-0.39, 0.29) is 0 Å². The third kappa shape index (κ3) is 4.26. The highest BCUT2D eigenvalue weighted by Gasteiger charge is 2.13. The van der Waals surface area contributed by atoms with Gasteiger partial charge in [-0.2, -0.15) is 0 Å². The Morgan fingerprint density at radius 3 is 2.76 bits per heavy atom. The van der Waals surface area contributed by atoms with Crippen molar-refractivity contribution in [1.29, 1.82) is 0 Å². The van der Waals surface area contributed by atoms with Crippen molar-refractivity contribution in [2.45, 2.75) is 13.3 Å². The molecule has 21 heavy (non-hydrogen) atoms. The van der Waals surface area contributed by atoms with Gasteiger partial charge in [-0.05, 0) is 18.6 Å². The Morgan fingerprint density at radius 1 is 1.19 bits per heavy atom. The van der Waals surface area contributed by atoms with Crippen LogP contribution in [0.5, 0.6) is 0 Å². The standard InChI is InChI=1S/C14H17F2N3OS/c1-9-7-10(12(16)8-11(9)15)14-19-18-13(21-14)3-4-17-5-6-20-2/h7-8,17H,3-6H2,1-2H3. The molecule has 0 unspecified atom stereocenters. The van der Waals surface area contributed by atoms with Crippen molar-refractivity contribution < 1.29 is 13.5 Å². The molecule has 2 aromatic rings. The maximum Gasteiger partial charge on any atom is 0.150 e. The van der Waals surface area contributed by atoms with Crippen LogP contribution in [0.4, 0.5) is 8.78 Å². The van der Waals surface area contributed by atoms with Crippen LogP contribution >= 0.6 is 11.3 Å². The SMILES string of the molecule is COCCNCCc1nnc(-c2cc(C)c(F)cc2F)s1. The highest BCUT2D eigenvalue weighted by Crippen LogP contribution is 2.28. The molecule has 0 saturated carbocycles. The smallest absolute Gasteiger partial charge is 0.150 e. The van der Waals surface area contributed by atoms with Gasteiger partial charge in [-0.15, -0.1) is 10.2 Å². The first-order valence-corrected chi connectivity index (χ1v) is 7.41. The van der Waals surface area contributed by atoms with E-state index in [1.54, 1.807) is 14.0 Å². The fraction of sp³-hybridized carbons (Fsp3) is 0.429. The summed E-state index contributed by atoms with van der Waals surface area (Å²) in [5, 5.41) is 12.5. The second-order valence-electron chi connectivity index (χ2n) is 4.57. The second kappa shape index (κ2) is 7.53. The molecule has 2 rings (SSSR count). The van der Waals surface area contributed by atoms with Crippen LogP contribution in [0, 0.1) is 18.6 Å². The van der Waals surface area contributed by atoms with Crippen LogP contribution in [0.1, 0.15) is 10.6 Å². The van der Waals surface area contributed by atoms with Crippen LogP contribution < -0.4 is 5.32 Å². The van der Waals surface area contributed by atoms with Gasteiger partial charge in [0.15, 0.2) is 5.01 Å². The maximum absolute atomic E-state index is 13.8. The lowest BCUT2D eigenvalue weighted by molar-refractivity contribution is 0.199. The predicted octanol–water partition coefficient (Wildman–Crippen LogP) is 2.57. The largest absolute Gasteiger partial charge is 0.383 e. The summed E-state index contributed by atoms with van der Waals surface area (Å²) >= 11 is 1.32. The summed E-state index contributed by atoms with van der Waals surface area (Å²) in [6, 6.07) is 2.35. The van der Waals surface area contributed by atoms with Crippen molar-refractivity contribution >= 4 is 11.3 Å². The summed E-state index contributed by atoms with van der Waals surface area (Å²) in [4.78, 5) is 0. The Kier molecular flexibility index (Phi) is 5.72. The van der Waals surface area contributed by atoms with E-state index in [1.807, 2.05) is 0 Å². The first kappa shape index (κ1) is 15.9. The Balaban J connectivity index is 2.01. The Morgan fingerprint density at radius 2 is 2.00 bits per heavy atom. The molecular weight excluding hydrogens is 296 g/mol. The van der Waals surface area contributed by atoms with E-state index in [1.165, 1.54) is 17.4 Å². The highest BCUT2D eigenvalue weighted by atomic mass is 32.1. The van der Waals surface area contributed by atoms with Gasteiger partial charge in [0.2, 0.25) is 0 Å². The number of nitrogens with one attached hydrogen (secondary N) is 1. The molecule has 0 aliphatic carbocycles. The summed E-state index contributed by atoms with van der Waals surface area (Å²) in [5.74, 6) is -1.16. The lowest BCUT2D eigenvalue weighted by atomic mass is 10.1. The van der Waals surface area contributed by atoms with Gasteiger partial charge in [-0.1, -0.05) is 11.3 Å². The van der Waals surface area contributed by atoms with Crippen LogP contribution in [-0.4, -0.2) is 37.0 Å². The molecule has 1 aromatic heterocycles. The molecule has 0 aliphatic heterocycles. The van der Waals surface area contributed by atoms with Crippen molar-refractivity contribution in [1.82, 2.24) is 15.5 Å².